The van der Waals surface area contributed by atoms with E-state index >= 15 is 0 Å². The van der Waals surface area contributed by atoms with Crippen LogP contribution in [0.5, 0.6) is 5.75 Å². The highest BCUT2D eigenvalue weighted by atomic mass is 32.2. The Morgan fingerprint density at radius 3 is 2.44 bits per heavy atom. The summed E-state index contributed by atoms with van der Waals surface area (Å²) in [5.74, 6) is -0.204. The summed E-state index contributed by atoms with van der Waals surface area (Å²) in [7, 11) is -3.95. The molecular weight excluding hydrogens is 361 g/mol. The van der Waals surface area contributed by atoms with E-state index < -0.39 is 38.3 Å². The number of benzene rings is 1. The van der Waals surface area contributed by atoms with Crippen LogP contribution in [0, 0.1) is 0 Å². The van der Waals surface area contributed by atoms with Crippen molar-refractivity contribution in [2.45, 2.75) is 44.5 Å². The van der Waals surface area contributed by atoms with Crippen molar-refractivity contribution in [3.8, 4) is 5.75 Å². The van der Waals surface area contributed by atoms with E-state index in [-0.39, 0.29) is 11.1 Å². The third-order valence-corrected chi connectivity index (χ3v) is 5.52. The lowest BCUT2D eigenvalue weighted by atomic mass is 10.1. The molecule has 0 aliphatic rings. The minimum Gasteiger partial charge on any atom is -0.423 e. The average molecular weight is 378 g/mol. The summed E-state index contributed by atoms with van der Waals surface area (Å²) in [6.45, 7) is 3.54. The summed E-state index contributed by atoms with van der Waals surface area (Å²) in [6.07, 6.45) is -3.35. The molecule has 0 aliphatic heterocycles. The van der Waals surface area contributed by atoms with Crippen LogP contribution in [0.25, 0.3) is 11.0 Å². The molecule has 25 heavy (non-hydrogen) atoms. The van der Waals surface area contributed by atoms with E-state index in [2.05, 4.69) is 0 Å². The first kappa shape index (κ1) is 19.3. The number of hydrogen-bond acceptors (Lipinski definition) is 5. The maximum absolute atomic E-state index is 13.0. The Hall–Kier alpha value is -2.03. The first-order valence-electron chi connectivity index (χ1n) is 7.67. The smallest absolute Gasteiger partial charge is 0.417 e. The summed E-state index contributed by atoms with van der Waals surface area (Å²) < 4.78 is 73.3. The Bertz CT molecular complexity index is 915. The van der Waals surface area contributed by atoms with Gasteiger partial charge in [-0.1, -0.05) is 20.3 Å². The normalized spacial score (nSPS) is 13.8. The molecule has 1 aromatic heterocycles. The van der Waals surface area contributed by atoms with Crippen molar-refractivity contribution in [1.29, 1.82) is 0 Å². The van der Waals surface area contributed by atoms with Crippen molar-refractivity contribution in [2.24, 2.45) is 0 Å². The Kier molecular flexibility index (Phi) is 5.46. The van der Waals surface area contributed by atoms with E-state index in [4.69, 9.17) is 8.60 Å². The highest BCUT2D eigenvalue weighted by Gasteiger charge is 2.34. The second-order valence-electron chi connectivity index (χ2n) is 5.53. The zero-order valence-corrected chi connectivity index (χ0v) is 14.4. The van der Waals surface area contributed by atoms with Crippen LogP contribution in [0.2, 0.25) is 0 Å². The van der Waals surface area contributed by atoms with E-state index in [0.29, 0.717) is 25.3 Å². The third-order valence-electron chi connectivity index (χ3n) is 3.71. The molecule has 9 heteroatoms. The van der Waals surface area contributed by atoms with Crippen LogP contribution in [-0.2, 0) is 16.3 Å². The summed E-state index contributed by atoms with van der Waals surface area (Å²) in [5, 5.41) is -1.07. The molecule has 2 rings (SSSR count). The monoisotopic (exact) mass is 378 g/mol. The highest BCUT2D eigenvalue weighted by molar-refractivity contribution is 7.87. The molecule has 0 bridgehead atoms. The lowest BCUT2D eigenvalue weighted by Crippen LogP contribution is -2.25. The van der Waals surface area contributed by atoms with Gasteiger partial charge in [0.25, 0.3) is 0 Å². The zero-order valence-electron chi connectivity index (χ0n) is 13.6. The van der Waals surface area contributed by atoms with Gasteiger partial charge in [0.05, 0.1) is 10.8 Å². The van der Waals surface area contributed by atoms with Gasteiger partial charge in [0.15, 0.2) is 0 Å². The Balaban J connectivity index is 2.47. The highest BCUT2D eigenvalue weighted by Crippen LogP contribution is 2.35. The van der Waals surface area contributed by atoms with Gasteiger partial charge in [0, 0.05) is 17.5 Å². The van der Waals surface area contributed by atoms with Gasteiger partial charge in [-0.2, -0.15) is 21.6 Å². The molecule has 0 saturated heterocycles. The molecule has 0 N–H and O–H groups in total. The molecule has 0 radical (unpaired) electrons. The van der Waals surface area contributed by atoms with Crippen LogP contribution in [0.3, 0.4) is 0 Å². The molecule has 0 fully saturated rings. The van der Waals surface area contributed by atoms with Gasteiger partial charge in [-0.05, 0) is 25.0 Å². The van der Waals surface area contributed by atoms with E-state index in [9.17, 15) is 26.4 Å². The first-order valence-corrected chi connectivity index (χ1v) is 9.14. The van der Waals surface area contributed by atoms with Gasteiger partial charge in [0.1, 0.15) is 11.3 Å². The van der Waals surface area contributed by atoms with Crippen LogP contribution in [-0.4, -0.2) is 13.7 Å². The number of fused-ring (bicyclic) bond motifs is 1. The van der Waals surface area contributed by atoms with E-state index in [0.717, 1.165) is 18.2 Å². The van der Waals surface area contributed by atoms with Crippen molar-refractivity contribution in [2.75, 3.05) is 0 Å². The van der Waals surface area contributed by atoms with Crippen LogP contribution in [0.15, 0.2) is 33.5 Å². The number of halogens is 3. The Morgan fingerprint density at radius 1 is 1.20 bits per heavy atom. The molecule has 0 aliphatic carbocycles. The molecule has 5 nitrogen and oxygen atoms in total. The third kappa shape index (κ3) is 4.33. The number of hydrogen-bond donors (Lipinski definition) is 0. The topological polar surface area (TPSA) is 73.6 Å². The minimum atomic E-state index is -4.74. The van der Waals surface area contributed by atoms with Gasteiger partial charge in [-0.25, -0.2) is 4.79 Å². The Morgan fingerprint density at radius 2 is 1.88 bits per heavy atom. The molecule has 2 aromatic rings. The fourth-order valence-electron chi connectivity index (χ4n) is 2.51. The van der Waals surface area contributed by atoms with Crippen LogP contribution in [0.4, 0.5) is 13.2 Å². The van der Waals surface area contributed by atoms with Gasteiger partial charge in [-0.3, -0.25) is 0 Å². The molecule has 0 spiro atoms. The lowest BCUT2D eigenvalue weighted by Gasteiger charge is -2.16. The van der Waals surface area contributed by atoms with Gasteiger partial charge in [-0.15, -0.1) is 0 Å². The molecule has 0 amide bonds. The largest absolute Gasteiger partial charge is 0.423 e. The van der Waals surface area contributed by atoms with Crippen molar-refractivity contribution in [1.82, 2.24) is 0 Å². The van der Waals surface area contributed by atoms with Crippen LogP contribution >= 0.6 is 0 Å². The summed E-state index contributed by atoms with van der Waals surface area (Å²) >= 11 is 0. The lowest BCUT2D eigenvalue weighted by molar-refractivity contribution is -0.136. The molecule has 0 saturated carbocycles. The number of rotatable bonds is 6. The summed E-state index contributed by atoms with van der Waals surface area (Å²) in [5.41, 5.74) is -2.72. The molecular formula is C16H17F3O5S. The predicted molar refractivity (Wildman–Crippen MR) is 86.0 cm³/mol. The van der Waals surface area contributed by atoms with Crippen LogP contribution < -0.4 is 9.81 Å². The number of alkyl halides is 3. The SMILES string of the molecule is CCC[C@@H](CC)S(=O)(=O)Oc1ccc2c(C(F)(F)F)cc(=O)oc2c1. The van der Waals surface area contributed by atoms with Crippen molar-refractivity contribution >= 4 is 21.1 Å². The molecule has 0 unspecified atom stereocenters. The van der Waals surface area contributed by atoms with E-state index in [1.54, 1.807) is 6.92 Å². The van der Waals surface area contributed by atoms with Crippen molar-refractivity contribution < 1.29 is 30.2 Å². The fraction of sp³-hybridized carbons (Fsp3) is 0.438. The predicted octanol–water partition coefficient (Wildman–Crippen LogP) is 4.10. The molecule has 1 atom stereocenters. The van der Waals surface area contributed by atoms with Crippen molar-refractivity contribution in [3.05, 3.63) is 40.2 Å². The van der Waals surface area contributed by atoms with Crippen molar-refractivity contribution in [3.63, 3.8) is 0 Å². The molecule has 138 valence electrons. The zero-order chi connectivity index (χ0) is 18.8. The summed E-state index contributed by atoms with van der Waals surface area (Å²) in [6, 6.07) is 3.46. The average Bonchev–Trinajstić information content (AvgIpc) is 2.49. The maximum atomic E-state index is 13.0. The quantitative estimate of drug-likeness (QED) is 0.559. The molecule has 1 heterocycles. The molecule has 1 aromatic carbocycles. The minimum absolute atomic E-state index is 0.204. The van der Waals surface area contributed by atoms with E-state index in [1.807, 2.05) is 6.92 Å². The van der Waals surface area contributed by atoms with E-state index in [1.165, 1.54) is 0 Å². The maximum Gasteiger partial charge on any atom is 0.417 e. The van der Waals surface area contributed by atoms with Gasteiger partial charge < -0.3 is 8.60 Å². The fourth-order valence-corrected chi connectivity index (χ4v) is 3.95. The van der Waals surface area contributed by atoms with Crippen LogP contribution in [0.1, 0.15) is 38.7 Å². The van der Waals surface area contributed by atoms with Gasteiger partial charge in [0.2, 0.25) is 0 Å². The second-order valence-corrected chi connectivity index (χ2v) is 7.35. The Labute approximate surface area is 142 Å². The second kappa shape index (κ2) is 7.07. The first-order chi connectivity index (χ1) is 11.6. The standard InChI is InChI=1S/C16H17F3O5S/c1-3-5-11(4-2)25(21,22)24-10-6-7-12-13(16(17,18)19)9-15(20)23-14(12)8-10/h6-9,11H,3-5H2,1-2H3/t11-/m1/s1. The van der Waals surface area contributed by atoms with Gasteiger partial charge >= 0.3 is 21.9 Å². The summed E-state index contributed by atoms with van der Waals surface area (Å²) in [4.78, 5) is 11.4.